The number of rotatable bonds is 4. The summed E-state index contributed by atoms with van der Waals surface area (Å²) in [6.07, 6.45) is 0.676. The van der Waals surface area contributed by atoms with E-state index in [-0.39, 0.29) is 18.4 Å². The topological polar surface area (TPSA) is 78.9 Å². The van der Waals surface area contributed by atoms with Crippen molar-refractivity contribution < 1.29 is 23.8 Å². The summed E-state index contributed by atoms with van der Waals surface area (Å²) in [6.45, 7) is 0.657. The molecule has 2 aromatic carbocycles. The number of carbonyl (C=O) groups excluding carboxylic acids is 2. The van der Waals surface area contributed by atoms with Crippen molar-refractivity contribution >= 4 is 11.8 Å². The van der Waals surface area contributed by atoms with E-state index in [1.165, 1.54) is 18.2 Å². The summed E-state index contributed by atoms with van der Waals surface area (Å²) in [5, 5.41) is 13.7. The van der Waals surface area contributed by atoms with Gasteiger partial charge in [0.2, 0.25) is 5.91 Å². The fourth-order valence-corrected chi connectivity index (χ4v) is 4.38. The van der Waals surface area contributed by atoms with Gasteiger partial charge in [0, 0.05) is 19.2 Å². The zero-order valence-electron chi connectivity index (χ0n) is 16.6. The average Bonchev–Trinajstić information content (AvgIpc) is 2.76. The number of hydrogen-bond acceptors (Lipinski definition) is 4. The number of nitrogens with one attached hydrogen (secondary N) is 1. The number of piperidine rings is 2. The van der Waals surface area contributed by atoms with Gasteiger partial charge in [-0.3, -0.25) is 9.59 Å². The van der Waals surface area contributed by atoms with Gasteiger partial charge in [0.05, 0.1) is 17.6 Å². The molecule has 2 aliphatic rings. The van der Waals surface area contributed by atoms with Gasteiger partial charge < -0.3 is 20.1 Å². The lowest BCUT2D eigenvalue weighted by molar-refractivity contribution is -0.148. The molecular weight excluding hydrogens is 387 g/mol. The van der Waals surface area contributed by atoms with Crippen LogP contribution in [-0.4, -0.2) is 47.6 Å². The number of amides is 2. The minimum Gasteiger partial charge on any atom is -0.484 e. The molecule has 6 nitrogen and oxygen atoms in total. The first kappa shape index (κ1) is 20.3. The molecular formula is C23H25FN2O4. The van der Waals surface area contributed by atoms with Crippen molar-refractivity contribution in [1.82, 2.24) is 10.2 Å². The summed E-state index contributed by atoms with van der Waals surface area (Å²) in [5.41, 5.74) is 0.223. The van der Waals surface area contributed by atoms with E-state index < -0.39 is 23.4 Å². The van der Waals surface area contributed by atoms with Gasteiger partial charge in [0.15, 0.2) is 6.61 Å². The van der Waals surface area contributed by atoms with E-state index >= 15 is 0 Å². The Bertz CT molecular complexity index is 912. The highest BCUT2D eigenvalue weighted by molar-refractivity contribution is 5.85. The van der Waals surface area contributed by atoms with Crippen molar-refractivity contribution in [3.05, 3.63) is 66.0 Å². The molecule has 2 fully saturated rings. The number of ether oxygens (including phenoxy) is 1. The second kappa shape index (κ2) is 8.44. The van der Waals surface area contributed by atoms with Gasteiger partial charge in [-0.25, -0.2) is 4.39 Å². The van der Waals surface area contributed by atoms with Crippen LogP contribution >= 0.6 is 0 Å². The molecule has 0 aromatic heterocycles. The van der Waals surface area contributed by atoms with Gasteiger partial charge in [-0.1, -0.05) is 36.4 Å². The Hall–Kier alpha value is -2.93. The van der Waals surface area contributed by atoms with Crippen LogP contribution in [0, 0.1) is 11.2 Å². The molecule has 1 spiro atoms. The van der Waals surface area contributed by atoms with E-state index in [0.29, 0.717) is 38.1 Å². The quantitative estimate of drug-likeness (QED) is 0.809. The van der Waals surface area contributed by atoms with Crippen LogP contribution in [0.15, 0.2) is 54.6 Å². The Morgan fingerprint density at radius 3 is 2.60 bits per heavy atom. The average molecular weight is 412 g/mol. The van der Waals surface area contributed by atoms with Crippen LogP contribution in [0.25, 0.3) is 0 Å². The Morgan fingerprint density at radius 2 is 1.90 bits per heavy atom. The van der Waals surface area contributed by atoms with Crippen LogP contribution in [0.4, 0.5) is 4.39 Å². The van der Waals surface area contributed by atoms with Crippen LogP contribution in [0.2, 0.25) is 0 Å². The lowest BCUT2D eigenvalue weighted by atomic mass is 9.69. The SMILES string of the molecule is O=C(COc1cccc(F)c1)N1CCC2(CC1)C[C@@H](O)[C@H](c1ccccc1)NC2=O. The third kappa shape index (κ3) is 4.16. The first-order chi connectivity index (χ1) is 14.5. The normalized spacial score (nSPS) is 23.1. The van der Waals surface area contributed by atoms with Crippen LogP contribution in [0.1, 0.15) is 30.9 Å². The molecule has 2 heterocycles. The van der Waals surface area contributed by atoms with Gasteiger partial charge in [0.25, 0.3) is 5.91 Å². The van der Waals surface area contributed by atoms with Crippen LogP contribution < -0.4 is 10.1 Å². The highest BCUT2D eigenvalue weighted by Crippen LogP contribution is 2.42. The molecule has 2 aliphatic heterocycles. The fourth-order valence-electron chi connectivity index (χ4n) is 4.38. The Labute approximate surface area is 174 Å². The number of hydrogen-bond donors (Lipinski definition) is 2. The van der Waals surface area contributed by atoms with Crippen molar-refractivity contribution in [2.75, 3.05) is 19.7 Å². The maximum atomic E-state index is 13.2. The number of halogens is 1. The highest BCUT2D eigenvalue weighted by Gasteiger charge is 2.49. The van der Waals surface area contributed by atoms with E-state index in [4.69, 9.17) is 4.74 Å². The summed E-state index contributed by atoms with van der Waals surface area (Å²) in [7, 11) is 0. The third-order valence-electron chi connectivity index (χ3n) is 6.14. The van der Waals surface area contributed by atoms with Crippen molar-refractivity contribution in [3.8, 4) is 5.75 Å². The predicted molar refractivity (Wildman–Crippen MR) is 108 cm³/mol. The lowest BCUT2D eigenvalue weighted by Crippen LogP contribution is -2.57. The molecule has 0 bridgehead atoms. The second-order valence-electron chi connectivity index (χ2n) is 8.04. The minimum absolute atomic E-state index is 0.0650. The number of aliphatic hydroxyl groups is 1. The maximum absolute atomic E-state index is 13.2. The van der Waals surface area contributed by atoms with Crippen molar-refractivity contribution in [2.45, 2.75) is 31.4 Å². The molecule has 0 aliphatic carbocycles. The monoisotopic (exact) mass is 412 g/mol. The van der Waals surface area contributed by atoms with Crippen molar-refractivity contribution in [3.63, 3.8) is 0 Å². The van der Waals surface area contributed by atoms with Crippen molar-refractivity contribution in [1.29, 1.82) is 0 Å². The molecule has 158 valence electrons. The molecule has 4 rings (SSSR count). The number of benzene rings is 2. The highest BCUT2D eigenvalue weighted by atomic mass is 19.1. The number of aliphatic hydroxyl groups excluding tert-OH is 1. The molecule has 2 N–H and O–H groups in total. The zero-order chi connectivity index (χ0) is 21.1. The minimum atomic E-state index is -0.677. The smallest absolute Gasteiger partial charge is 0.260 e. The van der Waals surface area contributed by atoms with Gasteiger partial charge in [0.1, 0.15) is 11.6 Å². The molecule has 2 saturated heterocycles. The zero-order valence-corrected chi connectivity index (χ0v) is 16.6. The summed E-state index contributed by atoms with van der Waals surface area (Å²) in [5.74, 6) is -0.382. The van der Waals surface area contributed by atoms with Crippen LogP contribution in [0.3, 0.4) is 0 Å². The van der Waals surface area contributed by atoms with Crippen LogP contribution in [0.5, 0.6) is 5.75 Å². The van der Waals surface area contributed by atoms with E-state index in [2.05, 4.69) is 5.32 Å². The lowest BCUT2D eigenvalue weighted by Gasteiger charge is -2.46. The maximum Gasteiger partial charge on any atom is 0.260 e. The first-order valence-electron chi connectivity index (χ1n) is 10.2. The van der Waals surface area contributed by atoms with E-state index in [1.807, 2.05) is 30.3 Å². The number of nitrogens with zero attached hydrogens (tertiary/aromatic N) is 1. The Kier molecular flexibility index (Phi) is 5.72. The van der Waals surface area contributed by atoms with E-state index in [1.54, 1.807) is 11.0 Å². The van der Waals surface area contributed by atoms with Gasteiger partial charge in [-0.2, -0.15) is 0 Å². The molecule has 30 heavy (non-hydrogen) atoms. The van der Waals surface area contributed by atoms with Gasteiger partial charge in [-0.15, -0.1) is 0 Å². The summed E-state index contributed by atoms with van der Waals surface area (Å²) < 4.78 is 18.6. The van der Waals surface area contributed by atoms with Gasteiger partial charge >= 0.3 is 0 Å². The summed E-state index contributed by atoms with van der Waals surface area (Å²) >= 11 is 0. The molecule has 7 heteroatoms. The molecule has 0 unspecified atom stereocenters. The predicted octanol–water partition coefficient (Wildman–Crippen LogP) is 2.44. The van der Waals surface area contributed by atoms with E-state index in [9.17, 15) is 19.1 Å². The second-order valence-corrected chi connectivity index (χ2v) is 8.04. The third-order valence-corrected chi connectivity index (χ3v) is 6.14. The molecule has 0 saturated carbocycles. The Morgan fingerprint density at radius 1 is 1.17 bits per heavy atom. The molecule has 2 aromatic rings. The molecule has 0 radical (unpaired) electrons. The first-order valence-corrected chi connectivity index (χ1v) is 10.2. The van der Waals surface area contributed by atoms with Crippen molar-refractivity contribution in [2.24, 2.45) is 5.41 Å². The van der Waals surface area contributed by atoms with Crippen LogP contribution in [-0.2, 0) is 9.59 Å². The molecule has 2 amide bonds. The fraction of sp³-hybridized carbons (Fsp3) is 0.391. The number of likely N-dealkylation sites (tertiary alicyclic amines) is 1. The van der Waals surface area contributed by atoms with E-state index in [0.717, 1.165) is 5.56 Å². The Balaban J connectivity index is 1.33. The van der Waals surface area contributed by atoms with Gasteiger partial charge in [-0.05, 0) is 37.0 Å². The standard InChI is InChI=1S/C23H25FN2O4/c24-17-7-4-8-18(13-17)30-15-20(28)26-11-9-23(10-12-26)14-19(27)21(25-22(23)29)16-5-2-1-3-6-16/h1-8,13,19,21,27H,9-12,14-15H2,(H,25,29)/t19-,21+/m1/s1. The summed E-state index contributed by atoms with van der Waals surface area (Å²) in [6, 6.07) is 14.7. The summed E-state index contributed by atoms with van der Waals surface area (Å²) in [4.78, 5) is 27.1. The number of carbonyl (C=O) groups is 2. The largest absolute Gasteiger partial charge is 0.484 e. The molecule has 2 atom stereocenters.